The van der Waals surface area contributed by atoms with Gasteiger partial charge >= 0.3 is 0 Å². The van der Waals surface area contributed by atoms with Crippen molar-refractivity contribution in [3.63, 3.8) is 0 Å². The molecular formula is C14H14N2OS. The van der Waals surface area contributed by atoms with Gasteiger partial charge in [0.15, 0.2) is 0 Å². The van der Waals surface area contributed by atoms with Crippen LogP contribution < -0.4 is 0 Å². The summed E-state index contributed by atoms with van der Waals surface area (Å²) in [5.74, 6) is 0. The highest BCUT2D eigenvalue weighted by Crippen LogP contribution is 2.36. The van der Waals surface area contributed by atoms with Crippen molar-refractivity contribution in [2.45, 2.75) is 12.5 Å². The number of fused-ring (bicyclic) bond motifs is 1. The van der Waals surface area contributed by atoms with Crippen molar-refractivity contribution in [1.82, 2.24) is 9.78 Å². The Morgan fingerprint density at radius 3 is 2.72 bits per heavy atom. The van der Waals surface area contributed by atoms with E-state index in [1.807, 2.05) is 37.5 Å². The first kappa shape index (κ1) is 11.4. The van der Waals surface area contributed by atoms with Gasteiger partial charge in [0.05, 0.1) is 5.69 Å². The molecule has 0 aliphatic carbocycles. The Balaban J connectivity index is 2.12. The van der Waals surface area contributed by atoms with Gasteiger partial charge in [-0.3, -0.25) is 4.68 Å². The third kappa shape index (κ3) is 1.74. The lowest BCUT2D eigenvalue weighted by Gasteiger charge is -2.18. The van der Waals surface area contributed by atoms with Gasteiger partial charge in [-0.2, -0.15) is 5.10 Å². The number of aliphatic hydroxyl groups is 1. The fourth-order valence-corrected chi connectivity index (χ4v) is 3.14. The molecule has 0 bridgehead atoms. The Morgan fingerprint density at radius 2 is 2.06 bits per heavy atom. The van der Waals surface area contributed by atoms with E-state index in [0.717, 1.165) is 10.3 Å². The van der Waals surface area contributed by atoms with E-state index in [2.05, 4.69) is 17.2 Å². The molecule has 18 heavy (non-hydrogen) atoms. The molecular weight excluding hydrogens is 244 g/mol. The lowest BCUT2D eigenvalue weighted by atomic mass is 10.0. The van der Waals surface area contributed by atoms with E-state index in [1.54, 1.807) is 22.9 Å². The summed E-state index contributed by atoms with van der Waals surface area (Å²) in [7, 11) is 1.85. The van der Waals surface area contributed by atoms with Crippen LogP contribution in [0.25, 0.3) is 10.1 Å². The number of aromatic nitrogens is 2. The van der Waals surface area contributed by atoms with E-state index < -0.39 is 5.60 Å². The molecule has 1 unspecified atom stereocenters. The maximum atomic E-state index is 10.7. The molecule has 3 rings (SSSR count). The van der Waals surface area contributed by atoms with Crippen LogP contribution in [0.5, 0.6) is 0 Å². The largest absolute Gasteiger partial charge is 0.378 e. The van der Waals surface area contributed by atoms with Crippen molar-refractivity contribution in [2.75, 3.05) is 0 Å². The summed E-state index contributed by atoms with van der Waals surface area (Å²) in [5, 5.41) is 16.2. The van der Waals surface area contributed by atoms with Gasteiger partial charge < -0.3 is 5.11 Å². The van der Waals surface area contributed by atoms with Crippen LogP contribution >= 0.6 is 11.3 Å². The van der Waals surface area contributed by atoms with Crippen molar-refractivity contribution in [3.05, 3.63) is 53.2 Å². The van der Waals surface area contributed by atoms with Gasteiger partial charge in [0.25, 0.3) is 0 Å². The van der Waals surface area contributed by atoms with Gasteiger partial charge in [0.1, 0.15) is 5.60 Å². The molecule has 0 aliphatic heterocycles. The summed E-state index contributed by atoms with van der Waals surface area (Å²) >= 11 is 1.61. The molecule has 0 spiro atoms. The summed E-state index contributed by atoms with van der Waals surface area (Å²) in [4.78, 5) is 0.919. The third-order valence-electron chi connectivity index (χ3n) is 3.12. The van der Waals surface area contributed by atoms with E-state index in [1.165, 1.54) is 4.70 Å². The maximum Gasteiger partial charge on any atom is 0.140 e. The number of nitrogens with zero attached hydrogens (tertiary/aromatic N) is 2. The van der Waals surface area contributed by atoms with Crippen LogP contribution in [-0.4, -0.2) is 14.9 Å². The van der Waals surface area contributed by atoms with Crippen molar-refractivity contribution < 1.29 is 5.11 Å². The van der Waals surface area contributed by atoms with Crippen molar-refractivity contribution in [2.24, 2.45) is 7.05 Å². The SMILES string of the molecule is Cn1ccc(C(C)(O)c2cc3ccccc3s2)n1. The van der Waals surface area contributed by atoms with Gasteiger partial charge in [0, 0.05) is 22.8 Å². The fourth-order valence-electron chi connectivity index (χ4n) is 2.02. The predicted octanol–water partition coefficient (Wildman–Crippen LogP) is 2.89. The summed E-state index contributed by atoms with van der Waals surface area (Å²) in [6.07, 6.45) is 1.84. The molecule has 2 heterocycles. The molecule has 0 radical (unpaired) electrons. The highest BCUT2D eigenvalue weighted by Gasteiger charge is 2.30. The minimum Gasteiger partial charge on any atom is -0.378 e. The monoisotopic (exact) mass is 258 g/mol. The number of benzene rings is 1. The lowest BCUT2D eigenvalue weighted by molar-refractivity contribution is 0.101. The van der Waals surface area contributed by atoms with Crippen LogP contribution in [-0.2, 0) is 12.6 Å². The highest BCUT2D eigenvalue weighted by atomic mass is 32.1. The summed E-state index contributed by atoms with van der Waals surface area (Å²) in [6.45, 7) is 1.79. The second-order valence-corrected chi connectivity index (χ2v) is 5.68. The van der Waals surface area contributed by atoms with Gasteiger partial charge in [-0.15, -0.1) is 11.3 Å². The Bertz CT molecular complexity index is 663. The van der Waals surface area contributed by atoms with E-state index in [0.29, 0.717) is 5.69 Å². The molecule has 2 aromatic heterocycles. The second kappa shape index (κ2) is 3.93. The van der Waals surface area contributed by atoms with Crippen LogP contribution in [0, 0.1) is 0 Å². The van der Waals surface area contributed by atoms with Crippen LogP contribution in [0.1, 0.15) is 17.5 Å². The molecule has 0 fully saturated rings. The summed E-state index contributed by atoms with van der Waals surface area (Å²) in [6, 6.07) is 12.0. The third-order valence-corrected chi connectivity index (χ3v) is 4.44. The van der Waals surface area contributed by atoms with Crippen molar-refractivity contribution >= 4 is 21.4 Å². The molecule has 1 N–H and O–H groups in total. The zero-order valence-electron chi connectivity index (χ0n) is 10.3. The smallest absolute Gasteiger partial charge is 0.140 e. The second-order valence-electron chi connectivity index (χ2n) is 4.60. The summed E-state index contributed by atoms with van der Waals surface area (Å²) < 4.78 is 2.89. The zero-order chi connectivity index (χ0) is 12.8. The van der Waals surface area contributed by atoms with Crippen LogP contribution in [0.2, 0.25) is 0 Å². The topological polar surface area (TPSA) is 38.0 Å². The zero-order valence-corrected chi connectivity index (χ0v) is 11.1. The molecule has 0 saturated heterocycles. The average molecular weight is 258 g/mol. The number of hydrogen-bond acceptors (Lipinski definition) is 3. The molecule has 3 aromatic rings. The van der Waals surface area contributed by atoms with E-state index in [-0.39, 0.29) is 0 Å². The van der Waals surface area contributed by atoms with E-state index in [4.69, 9.17) is 0 Å². The first-order chi connectivity index (χ1) is 8.57. The standard InChI is InChI=1S/C14H14N2OS/c1-14(17,12-7-8-16(2)15-12)13-9-10-5-3-4-6-11(10)18-13/h3-9,17H,1-2H3. The van der Waals surface area contributed by atoms with Crippen molar-refractivity contribution in [1.29, 1.82) is 0 Å². The molecule has 1 aromatic carbocycles. The molecule has 3 nitrogen and oxygen atoms in total. The first-order valence-electron chi connectivity index (χ1n) is 5.79. The van der Waals surface area contributed by atoms with Crippen LogP contribution in [0.4, 0.5) is 0 Å². The number of aryl methyl sites for hydroxylation is 1. The van der Waals surface area contributed by atoms with Gasteiger partial charge in [-0.05, 0) is 30.5 Å². The molecule has 92 valence electrons. The fraction of sp³-hybridized carbons (Fsp3) is 0.214. The van der Waals surface area contributed by atoms with Crippen LogP contribution in [0.3, 0.4) is 0 Å². The van der Waals surface area contributed by atoms with Crippen molar-refractivity contribution in [3.8, 4) is 0 Å². The maximum absolute atomic E-state index is 10.7. The highest BCUT2D eigenvalue weighted by molar-refractivity contribution is 7.19. The van der Waals surface area contributed by atoms with Gasteiger partial charge in [0.2, 0.25) is 0 Å². The average Bonchev–Trinajstić information content (AvgIpc) is 2.94. The predicted molar refractivity (Wildman–Crippen MR) is 73.7 cm³/mol. The van der Waals surface area contributed by atoms with E-state index >= 15 is 0 Å². The molecule has 0 amide bonds. The lowest BCUT2D eigenvalue weighted by Crippen LogP contribution is -2.22. The number of thiophene rings is 1. The number of hydrogen-bond donors (Lipinski definition) is 1. The molecule has 0 saturated carbocycles. The summed E-state index contributed by atoms with van der Waals surface area (Å²) in [5.41, 5.74) is -0.359. The van der Waals surface area contributed by atoms with E-state index in [9.17, 15) is 5.11 Å². The Labute approximate surface area is 109 Å². The number of rotatable bonds is 2. The van der Waals surface area contributed by atoms with Gasteiger partial charge in [-0.25, -0.2) is 0 Å². The Morgan fingerprint density at radius 1 is 1.28 bits per heavy atom. The Kier molecular flexibility index (Phi) is 2.50. The van der Waals surface area contributed by atoms with Gasteiger partial charge in [-0.1, -0.05) is 18.2 Å². The molecule has 4 heteroatoms. The first-order valence-corrected chi connectivity index (χ1v) is 6.60. The normalized spacial score (nSPS) is 14.8. The Hall–Kier alpha value is -1.65. The minimum absolute atomic E-state index is 0.677. The minimum atomic E-state index is -1.04. The molecule has 0 aliphatic rings. The quantitative estimate of drug-likeness (QED) is 0.767. The van der Waals surface area contributed by atoms with Crippen LogP contribution in [0.15, 0.2) is 42.6 Å². The molecule has 1 atom stereocenters.